The highest BCUT2D eigenvalue weighted by Crippen LogP contribution is 2.30. The number of nitrogens with one attached hydrogen (secondary N) is 2. The largest absolute Gasteiger partial charge is 0.495 e. The summed E-state index contributed by atoms with van der Waals surface area (Å²) in [7, 11) is 1.70. The van der Waals surface area contributed by atoms with Crippen LogP contribution in [0, 0.1) is 0 Å². The Kier molecular flexibility index (Phi) is 8.63. The second-order valence-electron chi connectivity index (χ2n) is 7.19. The topological polar surface area (TPSA) is 82.3 Å². The van der Waals surface area contributed by atoms with Gasteiger partial charge in [0.2, 0.25) is 0 Å². The molecule has 2 heterocycles. The number of aliphatic hydroxyl groups is 1. The number of halogens is 1. The molecule has 1 aromatic heterocycles. The first-order chi connectivity index (χ1) is 13.5. The number of furan rings is 1. The van der Waals surface area contributed by atoms with Crippen molar-refractivity contribution in [2.75, 3.05) is 38.2 Å². The van der Waals surface area contributed by atoms with Gasteiger partial charge in [-0.15, -0.1) is 24.0 Å². The van der Waals surface area contributed by atoms with E-state index in [0.29, 0.717) is 11.7 Å². The van der Waals surface area contributed by atoms with Crippen molar-refractivity contribution in [3.05, 3.63) is 48.4 Å². The molecular weight excluding hydrogens is 483 g/mol. The molecule has 1 aliphatic heterocycles. The molecule has 0 aliphatic carbocycles. The van der Waals surface area contributed by atoms with Gasteiger partial charge in [-0.05, 0) is 44.5 Å². The average molecular weight is 514 g/mol. The van der Waals surface area contributed by atoms with Crippen molar-refractivity contribution in [1.82, 2.24) is 10.6 Å². The molecule has 1 fully saturated rings. The fraction of sp³-hybridized carbons (Fsp3) is 0.476. The van der Waals surface area contributed by atoms with Gasteiger partial charge in [-0.2, -0.15) is 0 Å². The third-order valence-electron chi connectivity index (χ3n) is 4.90. The predicted octanol–water partition coefficient (Wildman–Crippen LogP) is 2.95. The molecule has 7 nitrogen and oxygen atoms in total. The summed E-state index contributed by atoms with van der Waals surface area (Å²) >= 11 is 0. The number of hydrogen-bond acceptors (Lipinski definition) is 5. The number of ether oxygens (including phenoxy) is 1. The zero-order valence-corrected chi connectivity index (χ0v) is 19.6. The molecule has 0 radical (unpaired) electrons. The molecule has 160 valence electrons. The van der Waals surface area contributed by atoms with Crippen molar-refractivity contribution in [1.29, 1.82) is 0 Å². The van der Waals surface area contributed by atoms with Crippen molar-refractivity contribution in [2.24, 2.45) is 4.99 Å². The average Bonchev–Trinajstić information content (AvgIpc) is 3.39. The Morgan fingerprint density at radius 1 is 1.34 bits per heavy atom. The van der Waals surface area contributed by atoms with Gasteiger partial charge >= 0.3 is 0 Å². The number of aliphatic imine (C=N–C) groups is 1. The molecule has 2 atom stereocenters. The first-order valence-electron chi connectivity index (χ1n) is 9.72. The third kappa shape index (κ3) is 6.02. The summed E-state index contributed by atoms with van der Waals surface area (Å²) in [6, 6.07) is 11.9. The van der Waals surface area contributed by atoms with Crippen LogP contribution in [0.4, 0.5) is 5.69 Å². The molecule has 0 bridgehead atoms. The van der Waals surface area contributed by atoms with Gasteiger partial charge in [0.25, 0.3) is 0 Å². The van der Waals surface area contributed by atoms with E-state index in [0.717, 1.165) is 37.5 Å². The Bertz CT molecular complexity index is 780. The molecule has 1 aliphatic rings. The molecule has 2 unspecified atom stereocenters. The highest BCUT2D eigenvalue weighted by molar-refractivity contribution is 14.0. The van der Waals surface area contributed by atoms with E-state index in [9.17, 15) is 5.11 Å². The minimum atomic E-state index is -1.15. The van der Waals surface area contributed by atoms with E-state index in [2.05, 4.69) is 26.6 Å². The Labute approximate surface area is 189 Å². The maximum atomic E-state index is 10.6. The molecule has 0 spiro atoms. The van der Waals surface area contributed by atoms with Crippen LogP contribution >= 0.6 is 24.0 Å². The van der Waals surface area contributed by atoms with Crippen molar-refractivity contribution < 1.29 is 14.3 Å². The number of methoxy groups -OCH3 is 1. The number of para-hydroxylation sites is 2. The minimum absolute atomic E-state index is 0. The molecule has 3 N–H and O–H groups in total. The minimum Gasteiger partial charge on any atom is -0.495 e. The number of anilines is 1. The summed E-state index contributed by atoms with van der Waals surface area (Å²) in [5.74, 6) is 2.09. The van der Waals surface area contributed by atoms with E-state index < -0.39 is 5.60 Å². The van der Waals surface area contributed by atoms with Crippen LogP contribution in [0.25, 0.3) is 0 Å². The quantitative estimate of drug-likeness (QED) is 0.300. The van der Waals surface area contributed by atoms with E-state index in [1.165, 1.54) is 0 Å². The maximum Gasteiger partial charge on any atom is 0.191 e. The van der Waals surface area contributed by atoms with Crippen LogP contribution in [0.2, 0.25) is 0 Å². The van der Waals surface area contributed by atoms with Crippen LogP contribution in [0.5, 0.6) is 5.75 Å². The van der Waals surface area contributed by atoms with E-state index in [-0.39, 0.29) is 36.6 Å². The lowest BCUT2D eigenvalue weighted by Crippen LogP contribution is -2.45. The summed E-state index contributed by atoms with van der Waals surface area (Å²) < 4.78 is 10.8. The van der Waals surface area contributed by atoms with E-state index >= 15 is 0 Å². The molecule has 0 saturated carbocycles. The lowest BCUT2D eigenvalue weighted by molar-refractivity contribution is 0.0437. The van der Waals surface area contributed by atoms with Gasteiger partial charge in [-0.3, -0.25) is 0 Å². The standard InChI is InChI=1S/C21H30N4O3.HI/c1-4-22-20(23-15-21(2,26)19-10-7-13-28-19)24-16-11-12-25(14-16)17-8-5-6-9-18(17)27-3;/h5-10,13,16,26H,4,11-12,14-15H2,1-3H3,(H2,22,23,24);1H. The second-order valence-corrected chi connectivity index (χ2v) is 7.19. The molecule has 1 aromatic carbocycles. The fourth-order valence-corrected chi connectivity index (χ4v) is 3.40. The monoisotopic (exact) mass is 514 g/mol. The number of nitrogens with zero attached hydrogens (tertiary/aromatic N) is 2. The lowest BCUT2D eigenvalue weighted by Gasteiger charge is -2.23. The Morgan fingerprint density at radius 3 is 2.83 bits per heavy atom. The van der Waals surface area contributed by atoms with E-state index in [1.54, 1.807) is 32.4 Å². The summed E-state index contributed by atoms with van der Waals surface area (Å²) in [5.41, 5.74) is -0.0395. The molecular formula is C21H31IN4O3. The first-order valence-corrected chi connectivity index (χ1v) is 9.72. The molecule has 1 saturated heterocycles. The highest BCUT2D eigenvalue weighted by Gasteiger charge is 2.28. The normalized spacial score (nSPS) is 18.7. The van der Waals surface area contributed by atoms with Crippen LogP contribution in [-0.4, -0.2) is 50.4 Å². The molecule has 3 rings (SSSR count). The zero-order valence-electron chi connectivity index (χ0n) is 17.2. The molecule has 2 aromatic rings. The van der Waals surface area contributed by atoms with Gasteiger partial charge in [0.15, 0.2) is 5.96 Å². The molecule has 8 heteroatoms. The zero-order chi connectivity index (χ0) is 20.0. The highest BCUT2D eigenvalue weighted by atomic mass is 127. The van der Waals surface area contributed by atoms with Gasteiger partial charge in [0.1, 0.15) is 17.1 Å². The summed E-state index contributed by atoms with van der Waals surface area (Å²) in [4.78, 5) is 6.90. The Hall–Kier alpha value is -1.94. The van der Waals surface area contributed by atoms with Crippen LogP contribution in [0.15, 0.2) is 52.1 Å². The predicted molar refractivity (Wildman–Crippen MR) is 126 cm³/mol. The van der Waals surface area contributed by atoms with Crippen LogP contribution in [0.3, 0.4) is 0 Å². The van der Waals surface area contributed by atoms with Crippen LogP contribution < -0.4 is 20.3 Å². The Morgan fingerprint density at radius 2 is 2.14 bits per heavy atom. The van der Waals surface area contributed by atoms with Crippen LogP contribution in [-0.2, 0) is 5.60 Å². The number of benzene rings is 1. The molecule has 0 amide bonds. The third-order valence-corrected chi connectivity index (χ3v) is 4.90. The summed E-state index contributed by atoms with van der Waals surface area (Å²) in [6.07, 6.45) is 2.55. The maximum absolute atomic E-state index is 10.6. The smallest absolute Gasteiger partial charge is 0.191 e. The van der Waals surface area contributed by atoms with Gasteiger partial charge < -0.3 is 29.8 Å². The van der Waals surface area contributed by atoms with Crippen molar-refractivity contribution in [2.45, 2.75) is 31.9 Å². The fourth-order valence-electron chi connectivity index (χ4n) is 3.40. The Balaban J connectivity index is 0.00000300. The summed E-state index contributed by atoms with van der Waals surface area (Å²) in [6.45, 7) is 6.49. The van der Waals surface area contributed by atoms with Gasteiger partial charge in [-0.1, -0.05) is 12.1 Å². The first kappa shape index (κ1) is 23.3. The van der Waals surface area contributed by atoms with Crippen molar-refractivity contribution in [3.63, 3.8) is 0 Å². The van der Waals surface area contributed by atoms with Crippen molar-refractivity contribution >= 4 is 35.6 Å². The van der Waals surface area contributed by atoms with Gasteiger partial charge in [0.05, 0.1) is 25.6 Å². The number of hydrogen-bond donors (Lipinski definition) is 3. The van der Waals surface area contributed by atoms with Gasteiger partial charge in [-0.25, -0.2) is 4.99 Å². The summed E-state index contributed by atoms with van der Waals surface area (Å²) in [5, 5.41) is 17.4. The molecule has 29 heavy (non-hydrogen) atoms. The van der Waals surface area contributed by atoms with E-state index in [1.807, 2.05) is 25.1 Å². The number of guanidine groups is 1. The number of rotatable bonds is 7. The van der Waals surface area contributed by atoms with Crippen molar-refractivity contribution in [3.8, 4) is 5.75 Å². The SMILES string of the molecule is CCNC(=NCC(C)(O)c1ccco1)NC1CCN(c2ccccc2OC)C1.I. The van der Waals surface area contributed by atoms with Crippen LogP contribution in [0.1, 0.15) is 26.0 Å². The lowest BCUT2D eigenvalue weighted by atomic mass is 10.0. The second kappa shape index (κ2) is 10.7. The van der Waals surface area contributed by atoms with E-state index in [4.69, 9.17) is 9.15 Å². The van der Waals surface area contributed by atoms with Gasteiger partial charge in [0, 0.05) is 25.7 Å².